The molecule has 0 aliphatic rings. The lowest BCUT2D eigenvalue weighted by Gasteiger charge is -2.16. The summed E-state index contributed by atoms with van der Waals surface area (Å²) in [6.07, 6.45) is 5.89. The maximum absolute atomic E-state index is 10.9. The van der Waals surface area contributed by atoms with Crippen LogP contribution in [-0.4, -0.2) is 15.5 Å². The molecule has 4 nitrogen and oxygen atoms in total. The number of nitrogens with two attached hydrogens (primary N) is 1. The molecule has 70 valence electrons. The van der Waals surface area contributed by atoms with E-state index in [-0.39, 0.29) is 6.04 Å². The monoisotopic (exact) mass is 179 g/mol. The number of rotatable bonds is 4. The lowest BCUT2D eigenvalue weighted by Crippen LogP contribution is -2.21. The van der Waals surface area contributed by atoms with Crippen molar-refractivity contribution in [2.45, 2.75) is 19.4 Å². The van der Waals surface area contributed by atoms with Crippen LogP contribution in [0, 0.1) is 0 Å². The molecule has 0 spiro atoms. The van der Waals surface area contributed by atoms with Gasteiger partial charge in [-0.05, 0) is 6.42 Å². The molecule has 0 aliphatic heterocycles. The normalized spacial score (nSPS) is 12.4. The van der Waals surface area contributed by atoms with Crippen LogP contribution >= 0.6 is 0 Å². The van der Waals surface area contributed by atoms with E-state index in [1.54, 1.807) is 18.7 Å². The van der Waals surface area contributed by atoms with E-state index in [2.05, 4.69) is 11.6 Å². The Bertz CT molecular complexity index is 303. The van der Waals surface area contributed by atoms with Gasteiger partial charge in [-0.3, -0.25) is 4.79 Å². The van der Waals surface area contributed by atoms with Crippen LogP contribution in [0.1, 0.15) is 19.4 Å². The Morgan fingerprint density at radius 1 is 1.77 bits per heavy atom. The summed E-state index contributed by atoms with van der Waals surface area (Å²) in [4.78, 5) is 14.8. The molecule has 0 saturated carbocycles. The van der Waals surface area contributed by atoms with Crippen LogP contribution in [-0.2, 0) is 4.79 Å². The average molecular weight is 179 g/mol. The summed E-state index contributed by atoms with van der Waals surface area (Å²) in [5.74, 6) is -0.458. The minimum absolute atomic E-state index is 0.0694. The second-order valence-electron chi connectivity index (χ2n) is 2.82. The van der Waals surface area contributed by atoms with E-state index in [9.17, 15) is 4.79 Å². The molecule has 0 aromatic carbocycles. The first kappa shape index (κ1) is 9.51. The number of amides is 1. The third kappa shape index (κ3) is 1.96. The zero-order valence-corrected chi connectivity index (χ0v) is 7.60. The molecule has 1 unspecified atom stereocenters. The Morgan fingerprint density at radius 2 is 2.46 bits per heavy atom. The molecule has 0 saturated heterocycles. The Balaban J connectivity index is 2.86. The van der Waals surface area contributed by atoms with Gasteiger partial charge in [-0.15, -0.1) is 0 Å². The maximum atomic E-state index is 10.9. The topological polar surface area (TPSA) is 60.9 Å². The van der Waals surface area contributed by atoms with Crippen molar-refractivity contribution in [3.63, 3.8) is 0 Å². The summed E-state index contributed by atoms with van der Waals surface area (Å²) in [6.45, 7) is 5.63. The van der Waals surface area contributed by atoms with Crippen molar-refractivity contribution in [3.8, 4) is 0 Å². The summed E-state index contributed by atoms with van der Waals surface area (Å²) in [5, 5.41) is 0. The van der Waals surface area contributed by atoms with Gasteiger partial charge in [-0.2, -0.15) is 0 Å². The molecular formula is C9H13N3O. The van der Waals surface area contributed by atoms with Crippen molar-refractivity contribution >= 4 is 5.91 Å². The third-order valence-corrected chi connectivity index (χ3v) is 1.99. The molecule has 1 aromatic heterocycles. The number of nitrogens with zero attached hydrogens (tertiary/aromatic N) is 2. The van der Waals surface area contributed by atoms with Crippen molar-refractivity contribution in [1.29, 1.82) is 0 Å². The van der Waals surface area contributed by atoms with Crippen molar-refractivity contribution in [2.24, 2.45) is 5.73 Å². The number of carbonyl (C=O) groups is 1. The molecule has 1 amide bonds. The van der Waals surface area contributed by atoms with E-state index < -0.39 is 5.91 Å². The molecule has 0 fully saturated rings. The Hall–Kier alpha value is -1.58. The van der Waals surface area contributed by atoms with Crippen LogP contribution in [0.25, 0.3) is 0 Å². The fourth-order valence-corrected chi connectivity index (χ4v) is 1.26. The summed E-state index contributed by atoms with van der Waals surface area (Å²) in [7, 11) is 0. The van der Waals surface area contributed by atoms with Crippen molar-refractivity contribution < 1.29 is 4.79 Å². The number of aromatic nitrogens is 2. The number of hydrogen-bond donors (Lipinski definition) is 1. The van der Waals surface area contributed by atoms with Gasteiger partial charge in [0.2, 0.25) is 5.91 Å². The molecule has 1 aromatic rings. The molecule has 0 aliphatic carbocycles. The largest absolute Gasteiger partial charge is 0.366 e. The van der Waals surface area contributed by atoms with Crippen LogP contribution in [0.2, 0.25) is 0 Å². The average Bonchev–Trinajstić information content (AvgIpc) is 2.58. The van der Waals surface area contributed by atoms with Crippen LogP contribution < -0.4 is 5.73 Å². The molecule has 1 heterocycles. The summed E-state index contributed by atoms with van der Waals surface area (Å²) in [6, 6.07) is -0.0694. The van der Waals surface area contributed by atoms with Gasteiger partial charge >= 0.3 is 0 Å². The predicted octanol–water partition coefficient (Wildman–Crippen LogP) is 0.876. The van der Waals surface area contributed by atoms with Crippen LogP contribution in [0.5, 0.6) is 0 Å². The molecule has 4 heteroatoms. The van der Waals surface area contributed by atoms with Gasteiger partial charge < -0.3 is 10.3 Å². The Labute approximate surface area is 77.1 Å². The van der Waals surface area contributed by atoms with Gasteiger partial charge in [0.15, 0.2) is 0 Å². The fourth-order valence-electron chi connectivity index (χ4n) is 1.26. The highest BCUT2D eigenvalue weighted by Crippen LogP contribution is 2.18. The minimum atomic E-state index is -0.458. The van der Waals surface area contributed by atoms with Crippen molar-refractivity contribution in [2.75, 3.05) is 0 Å². The van der Waals surface area contributed by atoms with Crippen LogP contribution in [0.4, 0.5) is 0 Å². The fraction of sp³-hybridized carbons (Fsp3) is 0.333. The van der Waals surface area contributed by atoms with Gasteiger partial charge in [0.25, 0.3) is 0 Å². The maximum Gasteiger partial charge on any atom is 0.246 e. The smallest absolute Gasteiger partial charge is 0.246 e. The lowest BCUT2D eigenvalue weighted by molar-refractivity contribution is -0.115. The first-order valence-corrected chi connectivity index (χ1v) is 4.12. The minimum Gasteiger partial charge on any atom is -0.366 e. The number of hydrogen-bond acceptors (Lipinski definition) is 2. The standard InChI is InChI=1S/C9H13N3O/c1-3-8(7(2)9(10)13)12-5-4-11-6-12/h4-6,8H,2-3H2,1H3,(H2,10,13). The second kappa shape index (κ2) is 3.89. The molecule has 0 bridgehead atoms. The molecular weight excluding hydrogens is 166 g/mol. The Kier molecular flexibility index (Phi) is 2.84. The first-order chi connectivity index (χ1) is 6.16. The summed E-state index contributed by atoms with van der Waals surface area (Å²) < 4.78 is 1.83. The van der Waals surface area contributed by atoms with Crippen molar-refractivity contribution in [3.05, 3.63) is 30.9 Å². The zero-order valence-electron chi connectivity index (χ0n) is 7.60. The van der Waals surface area contributed by atoms with Gasteiger partial charge in [0, 0.05) is 18.0 Å². The highest BCUT2D eigenvalue weighted by Gasteiger charge is 2.15. The highest BCUT2D eigenvalue weighted by atomic mass is 16.1. The lowest BCUT2D eigenvalue weighted by atomic mass is 10.1. The number of primary amides is 1. The highest BCUT2D eigenvalue weighted by molar-refractivity contribution is 5.92. The molecule has 13 heavy (non-hydrogen) atoms. The second-order valence-corrected chi connectivity index (χ2v) is 2.82. The molecule has 2 N–H and O–H groups in total. The predicted molar refractivity (Wildman–Crippen MR) is 49.9 cm³/mol. The summed E-state index contributed by atoms with van der Waals surface area (Å²) in [5.41, 5.74) is 5.56. The molecule has 0 radical (unpaired) electrons. The van der Waals surface area contributed by atoms with E-state index in [1.807, 2.05) is 11.5 Å². The van der Waals surface area contributed by atoms with Gasteiger partial charge in [-0.1, -0.05) is 13.5 Å². The van der Waals surface area contributed by atoms with Crippen molar-refractivity contribution in [1.82, 2.24) is 9.55 Å². The number of carbonyl (C=O) groups excluding carboxylic acids is 1. The van der Waals surface area contributed by atoms with Gasteiger partial charge in [0.05, 0.1) is 12.4 Å². The van der Waals surface area contributed by atoms with E-state index in [1.165, 1.54) is 0 Å². The zero-order chi connectivity index (χ0) is 9.84. The quantitative estimate of drug-likeness (QED) is 0.697. The number of imidazole rings is 1. The summed E-state index contributed by atoms with van der Waals surface area (Å²) >= 11 is 0. The first-order valence-electron chi connectivity index (χ1n) is 4.12. The van der Waals surface area contributed by atoms with Gasteiger partial charge in [0.1, 0.15) is 0 Å². The van der Waals surface area contributed by atoms with E-state index in [0.717, 1.165) is 6.42 Å². The molecule has 1 atom stereocenters. The Morgan fingerprint density at radius 3 is 2.85 bits per heavy atom. The van der Waals surface area contributed by atoms with E-state index >= 15 is 0 Å². The third-order valence-electron chi connectivity index (χ3n) is 1.99. The van der Waals surface area contributed by atoms with E-state index in [0.29, 0.717) is 5.57 Å². The molecule has 1 rings (SSSR count). The van der Waals surface area contributed by atoms with Crippen LogP contribution in [0.3, 0.4) is 0 Å². The SMILES string of the molecule is C=C(C(N)=O)C(CC)n1ccnc1. The van der Waals surface area contributed by atoms with Crippen LogP contribution in [0.15, 0.2) is 30.9 Å². The van der Waals surface area contributed by atoms with E-state index in [4.69, 9.17) is 5.73 Å². The van der Waals surface area contributed by atoms with Gasteiger partial charge in [-0.25, -0.2) is 4.98 Å².